The van der Waals surface area contributed by atoms with Crippen molar-refractivity contribution >= 4 is 28.2 Å². The van der Waals surface area contributed by atoms with E-state index in [1.807, 2.05) is 0 Å². The lowest BCUT2D eigenvalue weighted by Gasteiger charge is -2.19. The normalized spacial score (nSPS) is 16.7. The predicted molar refractivity (Wildman–Crippen MR) is 90.2 cm³/mol. The molecule has 2 aromatic rings. The topological polar surface area (TPSA) is 62.6 Å². The maximum Gasteiger partial charge on any atom is 0.291 e. The molecule has 0 aromatic carbocycles. The molecular formula is C17H20N2O3S. The zero-order chi connectivity index (χ0) is 16.6. The average molecular weight is 332 g/mol. The van der Waals surface area contributed by atoms with Gasteiger partial charge in [0.15, 0.2) is 5.76 Å². The molecule has 1 aliphatic rings. The Kier molecular flexibility index (Phi) is 4.26. The van der Waals surface area contributed by atoms with Crippen LogP contribution >= 0.6 is 11.3 Å². The number of carbonyl (C=O) groups excluding carboxylic acids is 2. The maximum atomic E-state index is 12.6. The Morgan fingerprint density at radius 1 is 1.39 bits per heavy atom. The molecule has 2 amide bonds. The van der Waals surface area contributed by atoms with Crippen LogP contribution in [-0.2, 0) is 12.8 Å². The molecule has 23 heavy (non-hydrogen) atoms. The number of amides is 2. The number of carbonyl (C=O) groups is 2. The molecule has 0 unspecified atom stereocenters. The van der Waals surface area contributed by atoms with Crippen molar-refractivity contribution in [3.05, 3.63) is 40.2 Å². The second-order valence-corrected chi connectivity index (χ2v) is 7.29. The molecule has 3 rings (SSSR count). The number of hydrogen-bond donors (Lipinski definition) is 1. The van der Waals surface area contributed by atoms with E-state index in [2.05, 4.69) is 12.2 Å². The largest absolute Gasteiger partial charge is 0.459 e. The molecule has 0 radical (unpaired) electrons. The zero-order valence-electron chi connectivity index (χ0n) is 13.5. The summed E-state index contributed by atoms with van der Waals surface area (Å²) < 4.78 is 5.13. The Morgan fingerprint density at radius 2 is 2.17 bits per heavy atom. The number of nitrogens with one attached hydrogen (secondary N) is 1. The zero-order valence-corrected chi connectivity index (χ0v) is 14.3. The van der Waals surface area contributed by atoms with Crippen LogP contribution in [0.15, 0.2) is 22.8 Å². The standard InChI is InChI=1S/C17H20N2O3S/c1-10-6-7-11-13(9-10)23-16(14(11)17(21)19(2)3)18-15(20)12-5-4-8-22-12/h4-5,8,10H,6-7,9H2,1-3H3,(H,18,20)/t10-/m1/s1. The molecule has 6 heteroatoms. The molecule has 2 aromatic heterocycles. The van der Waals surface area contributed by atoms with Crippen LogP contribution in [-0.4, -0.2) is 30.8 Å². The van der Waals surface area contributed by atoms with Crippen molar-refractivity contribution in [2.24, 2.45) is 5.92 Å². The summed E-state index contributed by atoms with van der Waals surface area (Å²) in [5, 5.41) is 3.49. The molecule has 1 atom stereocenters. The van der Waals surface area contributed by atoms with Crippen molar-refractivity contribution in [3.63, 3.8) is 0 Å². The molecule has 1 aliphatic carbocycles. The minimum atomic E-state index is -0.325. The van der Waals surface area contributed by atoms with Crippen LogP contribution in [0, 0.1) is 5.92 Å². The molecule has 5 nitrogen and oxygen atoms in total. The third kappa shape index (κ3) is 3.03. The molecule has 1 N–H and O–H groups in total. The second-order valence-electron chi connectivity index (χ2n) is 6.19. The summed E-state index contributed by atoms with van der Waals surface area (Å²) in [5.74, 6) is 0.464. The van der Waals surface area contributed by atoms with Crippen LogP contribution in [0.1, 0.15) is 44.7 Å². The number of fused-ring (bicyclic) bond motifs is 1. The van der Waals surface area contributed by atoms with Gasteiger partial charge in [-0.3, -0.25) is 9.59 Å². The van der Waals surface area contributed by atoms with Gasteiger partial charge in [-0.05, 0) is 42.9 Å². The second kappa shape index (κ2) is 6.20. The van der Waals surface area contributed by atoms with Gasteiger partial charge in [0.05, 0.1) is 11.8 Å². The third-order valence-electron chi connectivity index (χ3n) is 4.10. The van der Waals surface area contributed by atoms with E-state index < -0.39 is 0 Å². The van der Waals surface area contributed by atoms with E-state index in [0.29, 0.717) is 16.5 Å². The van der Waals surface area contributed by atoms with Crippen LogP contribution in [0.2, 0.25) is 0 Å². The number of nitrogens with zero attached hydrogens (tertiary/aromatic N) is 1. The van der Waals surface area contributed by atoms with E-state index >= 15 is 0 Å². The van der Waals surface area contributed by atoms with Gasteiger partial charge in [0.2, 0.25) is 0 Å². The first kappa shape index (κ1) is 15.8. The third-order valence-corrected chi connectivity index (χ3v) is 5.27. The summed E-state index contributed by atoms with van der Waals surface area (Å²) >= 11 is 1.52. The lowest BCUT2D eigenvalue weighted by atomic mass is 9.88. The van der Waals surface area contributed by atoms with E-state index in [0.717, 1.165) is 24.8 Å². The van der Waals surface area contributed by atoms with Crippen LogP contribution in [0.4, 0.5) is 5.00 Å². The van der Waals surface area contributed by atoms with Crippen molar-refractivity contribution < 1.29 is 14.0 Å². The fourth-order valence-corrected chi connectivity index (χ4v) is 4.26. The number of thiophene rings is 1. The number of rotatable bonds is 3. The first-order chi connectivity index (χ1) is 11.0. The highest BCUT2D eigenvalue weighted by Gasteiger charge is 2.29. The summed E-state index contributed by atoms with van der Waals surface area (Å²) in [5.41, 5.74) is 1.74. The van der Waals surface area contributed by atoms with Crippen molar-refractivity contribution in [1.29, 1.82) is 0 Å². The van der Waals surface area contributed by atoms with Gasteiger partial charge in [-0.2, -0.15) is 0 Å². The molecule has 0 bridgehead atoms. The lowest BCUT2D eigenvalue weighted by molar-refractivity contribution is 0.0827. The monoisotopic (exact) mass is 332 g/mol. The summed E-state index contributed by atoms with van der Waals surface area (Å²) in [6.45, 7) is 2.22. The van der Waals surface area contributed by atoms with Crippen LogP contribution in [0.5, 0.6) is 0 Å². The highest BCUT2D eigenvalue weighted by molar-refractivity contribution is 7.17. The molecule has 0 spiro atoms. The summed E-state index contributed by atoms with van der Waals surface area (Å²) in [4.78, 5) is 27.6. The van der Waals surface area contributed by atoms with Gasteiger partial charge in [-0.25, -0.2) is 0 Å². The highest BCUT2D eigenvalue weighted by Crippen LogP contribution is 2.40. The summed E-state index contributed by atoms with van der Waals surface area (Å²) in [6.07, 6.45) is 4.38. The van der Waals surface area contributed by atoms with Crippen molar-refractivity contribution in [1.82, 2.24) is 4.90 Å². The van der Waals surface area contributed by atoms with E-state index in [1.54, 1.807) is 31.1 Å². The molecule has 0 saturated heterocycles. The van der Waals surface area contributed by atoms with Crippen molar-refractivity contribution in [2.45, 2.75) is 26.2 Å². The van der Waals surface area contributed by atoms with E-state index in [-0.39, 0.29) is 17.6 Å². The SMILES string of the molecule is C[C@@H]1CCc2c(sc(NC(=O)c3ccco3)c2C(=O)N(C)C)C1. The molecule has 0 aliphatic heterocycles. The van der Waals surface area contributed by atoms with Crippen molar-refractivity contribution in [3.8, 4) is 0 Å². The molecule has 122 valence electrons. The first-order valence-electron chi connectivity index (χ1n) is 7.68. The minimum absolute atomic E-state index is 0.0632. The van der Waals surface area contributed by atoms with E-state index in [9.17, 15) is 9.59 Å². The summed E-state index contributed by atoms with van der Waals surface area (Å²) in [6, 6.07) is 3.28. The van der Waals surface area contributed by atoms with Gasteiger partial charge >= 0.3 is 0 Å². The smallest absolute Gasteiger partial charge is 0.291 e. The van der Waals surface area contributed by atoms with Crippen LogP contribution < -0.4 is 5.32 Å². The number of furan rings is 1. The quantitative estimate of drug-likeness (QED) is 0.937. The first-order valence-corrected chi connectivity index (χ1v) is 8.50. The fraction of sp³-hybridized carbons (Fsp3) is 0.412. The Morgan fingerprint density at radius 3 is 2.83 bits per heavy atom. The van der Waals surface area contributed by atoms with Crippen LogP contribution in [0.3, 0.4) is 0 Å². The Bertz CT molecular complexity index is 731. The van der Waals surface area contributed by atoms with Gasteiger partial charge in [0.25, 0.3) is 11.8 Å². The van der Waals surface area contributed by atoms with Gasteiger partial charge in [-0.1, -0.05) is 6.92 Å². The molecule has 0 saturated carbocycles. The Balaban J connectivity index is 1.98. The fourth-order valence-electron chi connectivity index (χ4n) is 2.86. The van der Waals surface area contributed by atoms with Crippen molar-refractivity contribution in [2.75, 3.05) is 19.4 Å². The molecule has 2 heterocycles. The van der Waals surface area contributed by atoms with Gasteiger partial charge < -0.3 is 14.6 Å². The maximum absolute atomic E-state index is 12.6. The average Bonchev–Trinajstić information content (AvgIpc) is 3.13. The van der Waals surface area contributed by atoms with E-state index in [1.165, 1.54) is 22.5 Å². The highest BCUT2D eigenvalue weighted by atomic mass is 32.1. The van der Waals surface area contributed by atoms with Crippen LogP contribution in [0.25, 0.3) is 0 Å². The van der Waals surface area contributed by atoms with Gasteiger partial charge in [0.1, 0.15) is 5.00 Å². The Hall–Kier alpha value is -2.08. The number of hydrogen-bond acceptors (Lipinski definition) is 4. The lowest BCUT2D eigenvalue weighted by Crippen LogP contribution is -2.25. The summed E-state index contributed by atoms with van der Waals surface area (Å²) in [7, 11) is 3.46. The predicted octanol–water partition coefficient (Wildman–Crippen LogP) is 3.42. The Labute approximate surface area is 139 Å². The number of anilines is 1. The van der Waals surface area contributed by atoms with Gasteiger partial charge in [0, 0.05) is 19.0 Å². The minimum Gasteiger partial charge on any atom is -0.459 e. The van der Waals surface area contributed by atoms with E-state index in [4.69, 9.17) is 4.42 Å². The van der Waals surface area contributed by atoms with Gasteiger partial charge in [-0.15, -0.1) is 11.3 Å². The molecule has 0 fully saturated rings. The molecular weight excluding hydrogens is 312 g/mol.